The fourth-order valence-corrected chi connectivity index (χ4v) is 1.91. The monoisotopic (exact) mass is 274 g/mol. The summed E-state index contributed by atoms with van der Waals surface area (Å²) in [6, 6.07) is 7.32. The summed E-state index contributed by atoms with van der Waals surface area (Å²) in [4.78, 5) is 26.6. The molecule has 0 aliphatic rings. The van der Waals surface area contributed by atoms with Crippen LogP contribution in [0.5, 0.6) is 0 Å². The molecule has 0 radical (unpaired) electrons. The van der Waals surface area contributed by atoms with Crippen molar-refractivity contribution in [2.75, 3.05) is 6.61 Å². The molecule has 0 amide bonds. The van der Waals surface area contributed by atoms with Gasteiger partial charge in [-0.25, -0.2) is 4.79 Å². The van der Waals surface area contributed by atoms with Gasteiger partial charge >= 0.3 is 5.97 Å². The molecule has 1 heterocycles. The number of ether oxygens (including phenoxy) is 1. The Balaban J connectivity index is 2.22. The number of esters is 1. The van der Waals surface area contributed by atoms with Crippen molar-refractivity contribution < 1.29 is 19.5 Å². The van der Waals surface area contributed by atoms with Crippen LogP contribution in [0.3, 0.4) is 0 Å². The first-order valence-electron chi connectivity index (χ1n) is 6.14. The normalized spacial score (nSPS) is 11.6. The number of fused-ring (bicyclic) bond motifs is 1. The van der Waals surface area contributed by atoms with E-state index in [1.54, 1.807) is 19.2 Å². The zero-order chi connectivity index (χ0) is 14.5. The van der Waals surface area contributed by atoms with E-state index >= 15 is 0 Å². The van der Waals surface area contributed by atoms with E-state index in [1.807, 2.05) is 18.2 Å². The average molecular weight is 274 g/mol. The van der Waals surface area contributed by atoms with Crippen molar-refractivity contribution in [3.63, 3.8) is 0 Å². The van der Waals surface area contributed by atoms with Crippen LogP contribution >= 0.6 is 0 Å². The van der Waals surface area contributed by atoms with Crippen LogP contribution in [0.2, 0.25) is 0 Å². The van der Waals surface area contributed by atoms with Crippen molar-refractivity contribution in [1.82, 2.24) is 4.98 Å². The van der Waals surface area contributed by atoms with Crippen molar-refractivity contribution in [2.24, 2.45) is 5.16 Å². The molecule has 0 aliphatic carbocycles. The first kappa shape index (κ1) is 13.8. The summed E-state index contributed by atoms with van der Waals surface area (Å²) < 4.78 is 4.71. The van der Waals surface area contributed by atoms with Gasteiger partial charge in [-0.2, -0.15) is 0 Å². The van der Waals surface area contributed by atoms with Crippen LogP contribution in [-0.4, -0.2) is 34.3 Å². The predicted molar refractivity (Wildman–Crippen MR) is 73.1 cm³/mol. The van der Waals surface area contributed by atoms with Crippen LogP contribution in [0.25, 0.3) is 10.9 Å². The smallest absolute Gasteiger partial charge is 0.356 e. The van der Waals surface area contributed by atoms with E-state index in [1.165, 1.54) is 0 Å². The Hall–Kier alpha value is -2.63. The molecule has 2 N–H and O–H groups in total. The second-order valence-corrected chi connectivity index (χ2v) is 4.12. The number of benzene rings is 1. The number of oxime groups is 1. The minimum absolute atomic E-state index is 0.152. The van der Waals surface area contributed by atoms with Gasteiger partial charge in [-0.15, -0.1) is 0 Å². The number of para-hydroxylation sites is 1. The van der Waals surface area contributed by atoms with Gasteiger partial charge in [0.05, 0.1) is 13.0 Å². The number of H-pyrrole nitrogens is 1. The summed E-state index contributed by atoms with van der Waals surface area (Å²) in [5, 5.41) is 12.4. The summed E-state index contributed by atoms with van der Waals surface area (Å²) in [6.07, 6.45) is 1.27. The number of Topliss-reactive ketones (excluding diaryl/α,β-unsaturated/α-hetero) is 1. The number of aromatic nitrogens is 1. The van der Waals surface area contributed by atoms with E-state index in [0.717, 1.165) is 10.9 Å². The summed E-state index contributed by atoms with van der Waals surface area (Å²) in [6.45, 7) is 1.79. The molecule has 0 bridgehead atoms. The van der Waals surface area contributed by atoms with Crippen molar-refractivity contribution in [2.45, 2.75) is 13.3 Å². The number of carbonyl (C=O) groups excluding carboxylic acids is 2. The van der Waals surface area contributed by atoms with E-state index in [-0.39, 0.29) is 24.5 Å². The van der Waals surface area contributed by atoms with Crippen molar-refractivity contribution in [3.8, 4) is 0 Å². The third-order valence-corrected chi connectivity index (χ3v) is 2.85. The molecule has 1 aromatic heterocycles. The molecule has 6 heteroatoms. The number of hydrogen-bond donors (Lipinski definition) is 2. The lowest BCUT2D eigenvalue weighted by atomic mass is 10.0. The maximum absolute atomic E-state index is 12.2. The fraction of sp³-hybridized carbons (Fsp3) is 0.214. The zero-order valence-corrected chi connectivity index (χ0v) is 10.9. The Morgan fingerprint density at radius 2 is 2.10 bits per heavy atom. The van der Waals surface area contributed by atoms with E-state index < -0.39 is 5.97 Å². The highest BCUT2D eigenvalue weighted by atomic mass is 16.5. The summed E-state index contributed by atoms with van der Waals surface area (Å²) in [7, 11) is 0. The number of hydrogen-bond acceptors (Lipinski definition) is 5. The topological polar surface area (TPSA) is 91.8 Å². The first-order chi connectivity index (χ1) is 9.67. The highest BCUT2D eigenvalue weighted by molar-refractivity contribution is 6.41. The minimum Gasteiger partial charge on any atom is -0.461 e. The number of rotatable bonds is 5. The van der Waals surface area contributed by atoms with Gasteiger partial charge in [0.15, 0.2) is 11.5 Å². The molecule has 2 rings (SSSR count). The number of nitrogens with one attached hydrogen (secondary N) is 1. The van der Waals surface area contributed by atoms with Gasteiger partial charge in [-0.05, 0) is 13.0 Å². The Labute approximate surface area is 115 Å². The third-order valence-electron chi connectivity index (χ3n) is 2.85. The van der Waals surface area contributed by atoms with E-state index in [0.29, 0.717) is 5.56 Å². The zero-order valence-electron chi connectivity index (χ0n) is 10.9. The van der Waals surface area contributed by atoms with Gasteiger partial charge in [-0.3, -0.25) is 4.79 Å². The summed E-state index contributed by atoms with van der Waals surface area (Å²) in [5.41, 5.74) is 0.975. The van der Waals surface area contributed by atoms with E-state index in [9.17, 15) is 9.59 Å². The SMILES string of the molecule is CCOC(=O)C(CC(=O)c1c[nH]c2ccccc12)=NO. The van der Waals surface area contributed by atoms with Crippen LogP contribution in [0, 0.1) is 0 Å². The molecule has 20 heavy (non-hydrogen) atoms. The van der Waals surface area contributed by atoms with E-state index in [4.69, 9.17) is 9.94 Å². The maximum atomic E-state index is 12.2. The van der Waals surface area contributed by atoms with Gasteiger partial charge in [0, 0.05) is 22.7 Å². The van der Waals surface area contributed by atoms with Crippen LogP contribution in [0.4, 0.5) is 0 Å². The largest absolute Gasteiger partial charge is 0.461 e. The molecule has 0 aliphatic heterocycles. The Morgan fingerprint density at radius 1 is 1.35 bits per heavy atom. The van der Waals surface area contributed by atoms with Crippen LogP contribution in [-0.2, 0) is 9.53 Å². The van der Waals surface area contributed by atoms with Gasteiger partial charge in [0.2, 0.25) is 0 Å². The van der Waals surface area contributed by atoms with E-state index in [2.05, 4.69) is 10.1 Å². The Kier molecular flexibility index (Phi) is 4.14. The molecule has 1 aromatic carbocycles. The van der Waals surface area contributed by atoms with Crippen LogP contribution in [0.1, 0.15) is 23.7 Å². The predicted octanol–water partition coefficient (Wildman–Crippen LogP) is 2.13. The van der Waals surface area contributed by atoms with Gasteiger partial charge in [0.25, 0.3) is 0 Å². The van der Waals surface area contributed by atoms with Crippen molar-refractivity contribution >= 4 is 28.4 Å². The Morgan fingerprint density at radius 3 is 2.80 bits per heavy atom. The highest BCUT2D eigenvalue weighted by Crippen LogP contribution is 2.19. The quantitative estimate of drug-likeness (QED) is 0.287. The van der Waals surface area contributed by atoms with Gasteiger partial charge < -0.3 is 14.9 Å². The lowest BCUT2D eigenvalue weighted by Crippen LogP contribution is -2.21. The molecule has 6 nitrogen and oxygen atoms in total. The molecule has 0 saturated carbocycles. The number of carbonyl (C=O) groups is 2. The van der Waals surface area contributed by atoms with Crippen LogP contribution < -0.4 is 0 Å². The summed E-state index contributed by atoms with van der Waals surface area (Å²) in [5.74, 6) is -1.11. The second-order valence-electron chi connectivity index (χ2n) is 4.12. The van der Waals surface area contributed by atoms with Crippen LogP contribution in [0.15, 0.2) is 35.6 Å². The number of aromatic amines is 1. The third kappa shape index (κ3) is 2.69. The van der Waals surface area contributed by atoms with Gasteiger partial charge in [-0.1, -0.05) is 23.4 Å². The lowest BCUT2D eigenvalue weighted by molar-refractivity contribution is -0.135. The maximum Gasteiger partial charge on any atom is 0.356 e. The number of nitrogens with zero attached hydrogens (tertiary/aromatic N) is 1. The van der Waals surface area contributed by atoms with Gasteiger partial charge in [0.1, 0.15) is 0 Å². The molecule has 0 saturated heterocycles. The lowest BCUT2D eigenvalue weighted by Gasteiger charge is -2.03. The average Bonchev–Trinajstić information content (AvgIpc) is 2.88. The molecule has 0 spiro atoms. The fourth-order valence-electron chi connectivity index (χ4n) is 1.91. The first-order valence-corrected chi connectivity index (χ1v) is 6.14. The van der Waals surface area contributed by atoms with Crippen molar-refractivity contribution in [1.29, 1.82) is 0 Å². The standard InChI is InChI=1S/C14H14N2O4/c1-2-20-14(18)12(16-19)7-13(17)10-8-15-11-6-4-3-5-9(10)11/h3-6,8,15,19H,2,7H2,1H3. The molecule has 2 aromatic rings. The Bertz CT molecular complexity index is 673. The highest BCUT2D eigenvalue weighted by Gasteiger charge is 2.20. The van der Waals surface area contributed by atoms with Crippen molar-refractivity contribution in [3.05, 3.63) is 36.0 Å². The molecule has 104 valence electrons. The molecule has 0 unspecified atom stereocenters. The molecular weight excluding hydrogens is 260 g/mol. The minimum atomic E-state index is -0.789. The summed E-state index contributed by atoms with van der Waals surface area (Å²) >= 11 is 0. The molecule has 0 atom stereocenters. The number of ketones is 1. The molecule has 0 fully saturated rings. The molecular formula is C14H14N2O4. The second kappa shape index (κ2) is 6.01.